The maximum Gasteiger partial charge on any atom is 0.236 e. The third-order valence-electron chi connectivity index (χ3n) is 2.36. The number of nitrogens with one attached hydrogen (secondary N) is 1. The van der Waals surface area contributed by atoms with E-state index in [2.05, 4.69) is 39.7 Å². The van der Waals surface area contributed by atoms with Crippen molar-refractivity contribution in [2.24, 2.45) is 5.92 Å². The molecular weight excluding hydrogens is 312 g/mol. The van der Waals surface area contributed by atoms with Crippen LogP contribution in [0.1, 0.15) is 13.8 Å². The highest BCUT2D eigenvalue weighted by Gasteiger charge is 2.11. The molecule has 0 unspecified atom stereocenters. The Morgan fingerprint density at radius 1 is 1.48 bits per heavy atom. The molecule has 7 nitrogen and oxygen atoms in total. The van der Waals surface area contributed by atoms with Crippen molar-refractivity contribution < 1.29 is 4.79 Å². The number of pyridine rings is 1. The quantitative estimate of drug-likeness (QED) is 0.818. The van der Waals surface area contributed by atoms with Crippen molar-refractivity contribution in [1.82, 2.24) is 25.2 Å². The van der Waals surface area contributed by atoms with Crippen molar-refractivity contribution in [1.29, 1.82) is 0 Å². The Bertz CT molecular complexity index is 600. The molecule has 0 saturated carbocycles. The first kappa shape index (κ1) is 15.7. The Hall–Kier alpha value is -1.67. The first-order valence-corrected chi connectivity index (χ1v) is 7.71. The van der Waals surface area contributed by atoms with E-state index in [1.165, 1.54) is 18.0 Å². The van der Waals surface area contributed by atoms with E-state index in [-0.39, 0.29) is 11.7 Å². The number of hydrogen-bond acceptors (Lipinski definition) is 6. The standard InChI is InChI=1S/C12H15ClN6OS/c1-8(2)6-19-12(16-17-18-19)21-7-11(20)15-10-4-3-9(13)5-14-10/h3-5,8H,6-7H2,1-2H3,(H,14,15,20). The number of aromatic nitrogens is 5. The van der Waals surface area contributed by atoms with E-state index < -0.39 is 0 Å². The van der Waals surface area contributed by atoms with Gasteiger partial charge in [-0.2, -0.15) is 0 Å². The van der Waals surface area contributed by atoms with Crippen LogP contribution in [-0.2, 0) is 11.3 Å². The van der Waals surface area contributed by atoms with Crippen LogP contribution in [0.2, 0.25) is 5.02 Å². The van der Waals surface area contributed by atoms with E-state index in [4.69, 9.17) is 11.6 Å². The molecule has 0 atom stereocenters. The van der Waals surface area contributed by atoms with Gasteiger partial charge >= 0.3 is 0 Å². The summed E-state index contributed by atoms with van der Waals surface area (Å²) in [4.78, 5) is 15.8. The van der Waals surface area contributed by atoms with Gasteiger partial charge in [-0.1, -0.05) is 37.2 Å². The largest absolute Gasteiger partial charge is 0.310 e. The van der Waals surface area contributed by atoms with Gasteiger partial charge in [-0.05, 0) is 28.5 Å². The molecule has 0 radical (unpaired) electrons. The molecule has 21 heavy (non-hydrogen) atoms. The van der Waals surface area contributed by atoms with Crippen molar-refractivity contribution in [3.05, 3.63) is 23.4 Å². The van der Waals surface area contributed by atoms with Gasteiger partial charge in [-0.15, -0.1) is 5.10 Å². The number of anilines is 1. The van der Waals surface area contributed by atoms with E-state index in [0.29, 0.717) is 21.9 Å². The van der Waals surface area contributed by atoms with Gasteiger partial charge in [0.25, 0.3) is 0 Å². The fraction of sp³-hybridized carbons (Fsp3) is 0.417. The number of nitrogens with zero attached hydrogens (tertiary/aromatic N) is 5. The fourth-order valence-corrected chi connectivity index (χ4v) is 2.32. The average molecular weight is 327 g/mol. The van der Waals surface area contributed by atoms with Gasteiger partial charge in [0, 0.05) is 12.7 Å². The lowest BCUT2D eigenvalue weighted by Crippen LogP contribution is -2.16. The van der Waals surface area contributed by atoms with Gasteiger partial charge in [0.05, 0.1) is 10.8 Å². The molecular formula is C12H15ClN6OS. The lowest BCUT2D eigenvalue weighted by molar-refractivity contribution is -0.113. The fourth-order valence-electron chi connectivity index (χ4n) is 1.52. The zero-order valence-electron chi connectivity index (χ0n) is 11.7. The summed E-state index contributed by atoms with van der Waals surface area (Å²) in [7, 11) is 0. The number of hydrogen-bond donors (Lipinski definition) is 1. The summed E-state index contributed by atoms with van der Waals surface area (Å²) in [5.41, 5.74) is 0. The van der Waals surface area contributed by atoms with Gasteiger partial charge in [0.2, 0.25) is 11.1 Å². The van der Waals surface area contributed by atoms with Crippen molar-refractivity contribution >= 4 is 35.1 Å². The third-order valence-corrected chi connectivity index (χ3v) is 3.55. The van der Waals surface area contributed by atoms with Crippen LogP contribution in [0.15, 0.2) is 23.5 Å². The molecule has 0 bridgehead atoms. The van der Waals surface area contributed by atoms with Crippen LogP contribution in [0.5, 0.6) is 0 Å². The maximum absolute atomic E-state index is 11.8. The molecule has 2 aromatic heterocycles. The average Bonchev–Trinajstić information content (AvgIpc) is 2.85. The highest BCUT2D eigenvalue weighted by Crippen LogP contribution is 2.15. The minimum atomic E-state index is -0.172. The van der Waals surface area contributed by atoms with Gasteiger partial charge in [0.1, 0.15) is 5.82 Å². The smallest absolute Gasteiger partial charge is 0.236 e. The molecule has 1 N–H and O–H groups in total. The van der Waals surface area contributed by atoms with Gasteiger partial charge in [0.15, 0.2) is 0 Å². The highest BCUT2D eigenvalue weighted by molar-refractivity contribution is 7.99. The molecule has 9 heteroatoms. The zero-order valence-corrected chi connectivity index (χ0v) is 13.2. The van der Waals surface area contributed by atoms with Crippen molar-refractivity contribution in [3.8, 4) is 0 Å². The molecule has 0 fully saturated rings. The number of halogens is 1. The number of rotatable bonds is 6. The predicted octanol–water partition coefficient (Wildman–Crippen LogP) is 2.11. The van der Waals surface area contributed by atoms with Crippen molar-refractivity contribution in [2.75, 3.05) is 11.1 Å². The molecule has 0 saturated heterocycles. The molecule has 0 aliphatic carbocycles. The Balaban J connectivity index is 1.86. The zero-order chi connectivity index (χ0) is 15.2. The van der Waals surface area contributed by atoms with Crippen LogP contribution in [0.25, 0.3) is 0 Å². The number of tetrazole rings is 1. The van der Waals surface area contributed by atoms with E-state index in [9.17, 15) is 4.79 Å². The Morgan fingerprint density at radius 2 is 2.29 bits per heavy atom. The first-order chi connectivity index (χ1) is 10.0. The van der Waals surface area contributed by atoms with Gasteiger partial charge < -0.3 is 5.32 Å². The SMILES string of the molecule is CC(C)Cn1nnnc1SCC(=O)Nc1ccc(Cl)cn1. The van der Waals surface area contributed by atoms with Crippen LogP contribution in [0.3, 0.4) is 0 Å². The normalized spacial score (nSPS) is 10.9. The molecule has 1 amide bonds. The molecule has 2 rings (SSSR count). The van der Waals surface area contributed by atoms with Crippen molar-refractivity contribution in [2.45, 2.75) is 25.5 Å². The Morgan fingerprint density at radius 3 is 2.95 bits per heavy atom. The van der Waals surface area contributed by atoms with E-state index in [0.717, 1.165) is 6.54 Å². The van der Waals surface area contributed by atoms with Crippen LogP contribution in [0.4, 0.5) is 5.82 Å². The minimum Gasteiger partial charge on any atom is -0.310 e. The second kappa shape index (κ2) is 7.37. The summed E-state index contributed by atoms with van der Waals surface area (Å²) >= 11 is 7.02. The van der Waals surface area contributed by atoms with E-state index in [1.54, 1.807) is 16.8 Å². The monoisotopic (exact) mass is 326 g/mol. The Kier molecular flexibility index (Phi) is 5.51. The first-order valence-electron chi connectivity index (χ1n) is 6.35. The van der Waals surface area contributed by atoms with Gasteiger partial charge in [-0.3, -0.25) is 4.79 Å². The summed E-state index contributed by atoms with van der Waals surface area (Å²) in [5.74, 6) is 0.934. The molecule has 0 aliphatic rings. The lowest BCUT2D eigenvalue weighted by atomic mass is 10.2. The minimum absolute atomic E-state index is 0.172. The predicted molar refractivity (Wildman–Crippen MR) is 81.3 cm³/mol. The van der Waals surface area contributed by atoms with E-state index >= 15 is 0 Å². The molecule has 0 aliphatic heterocycles. The summed E-state index contributed by atoms with van der Waals surface area (Å²) in [6.07, 6.45) is 1.48. The summed E-state index contributed by atoms with van der Waals surface area (Å²) < 4.78 is 1.70. The third kappa shape index (κ3) is 4.98. The van der Waals surface area contributed by atoms with Crippen molar-refractivity contribution in [3.63, 3.8) is 0 Å². The summed E-state index contributed by atoms with van der Waals surface area (Å²) in [6.45, 7) is 4.87. The number of carbonyl (C=O) groups excluding carboxylic acids is 1. The number of carbonyl (C=O) groups is 1. The lowest BCUT2D eigenvalue weighted by Gasteiger charge is -2.07. The van der Waals surface area contributed by atoms with E-state index in [1.807, 2.05) is 0 Å². The molecule has 0 spiro atoms. The van der Waals surface area contributed by atoms with Gasteiger partial charge in [-0.25, -0.2) is 9.67 Å². The van der Waals surface area contributed by atoms with Crippen LogP contribution in [-0.4, -0.2) is 36.9 Å². The van der Waals surface area contributed by atoms with Crippen LogP contribution in [0, 0.1) is 5.92 Å². The van der Waals surface area contributed by atoms with Crippen LogP contribution >= 0.6 is 23.4 Å². The Labute approximate surface area is 131 Å². The highest BCUT2D eigenvalue weighted by atomic mass is 35.5. The maximum atomic E-state index is 11.8. The molecule has 0 aromatic carbocycles. The molecule has 2 aromatic rings. The molecule has 2 heterocycles. The summed E-state index contributed by atoms with van der Waals surface area (Å²) in [6, 6.07) is 3.31. The second-order valence-electron chi connectivity index (χ2n) is 4.74. The topological polar surface area (TPSA) is 85.6 Å². The molecule has 112 valence electrons. The second-order valence-corrected chi connectivity index (χ2v) is 6.11. The summed E-state index contributed by atoms with van der Waals surface area (Å²) in [5, 5.41) is 15.3. The number of amides is 1. The van der Waals surface area contributed by atoms with Crippen LogP contribution < -0.4 is 5.32 Å². The number of thioether (sulfide) groups is 1.